The number of hydrogen-bond acceptors (Lipinski definition) is 6. The quantitative estimate of drug-likeness (QED) is 0.749. The van der Waals surface area contributed by atoms with Crippen LogP contribution in [0.5, 0.6) is 0 Å². The highest BCUT2D eigenvalue weighted by atomic mass is 35.5. The lowest BCUT2D eigenvalue weighted by molar-refractivity contribution is 0.115. The molecule has 2 aliphatic heterocycles. The van der Waals surface area contributed by atoms with Gasteiger partial charge in [0.2, 0.25) is 5.95 Å². The number of anilines is 2. The lowest BCUT2D eigenvalue weighted by Crippen LogP contribution is -2.59. The fourth-order valence-electron chi connectivity index (χ4n) is 5.17. The summed E-state index contributed by atoms with van der Waals surface area (Å²) in [5.74, 6) is 2.56. The van der Waals surface area contributed by atoms with Crippen molar-refractivity contribution in [3.05, 3.63) is 41.0 Å². The lowest BCUT2D eigenvalue weighted by atomic mass is 9.76. The number of hydrogen-bond donors (Lipinski definition) is 1. The third-order valence-electron chi connectivity index (χ3n) is 7.23. The number of fused-ring (bicyclic) bond motifs is 1. The van der Waals surface area contributed by atoms with Gasteiger partial charge >= 0.3 is 0 Å². The normalized spacial score (nSPS) is 25.5. The Bertz CT molecular complexity index is 961. The predicted molar refractivity (Wildman–Crippen MR) is 125 cm³/mol. The summed E-state index contributed by atoms with van der Waals surface area (Å²) in [7, 11) is -1.08. The SMILES string of the molecule is O=[S@@]1CCN(C2(CO)CCC2)c2nc(N3CCCC(c4ccc(Cl)cc4)CC3)ncc21. The first kappa shape index (κ1) is 21.2. The average molecular weight is 461 g/mol. The van der Waals surface area contributed by atoms with Crippen LogP contribution in [0.15, 0.2) is 35.4 Å². The van der Waals surface area contributed by atoms with E-state index in [9.17, 15) is 9.32 Å². The zero-order chi connectivity index (χ0) is 21.4. The number of aliphatic hydroxyl groups excluding tert-OH is 1. The molecule has 1 saturated heterocycles. The van der Waals surface area contributed by atoms with Crippen molar-refractivity contribution in [1.82, 2.24) is 9.97 Å². The molecule has 0 spiro atoms. The molecular formula is C23H29ClN4O2S. The van der Waals surface area contributed by atoms with Gasteiger partial charge in [-0.2, -0.15) is 4.98 Å². The van der Waals surface area contributed by atoms with Crippen LogP contribution in [-0.2, 0) is 10.8 Å². The molecule has 1 saturated carbocycles. The molecule has 1 N–H and O–H groups in total. The molecule has 8 heteroatoms. The molecule has 5 rings (SSSR count). The number of aromatic nitrogens is 2. The zero-order valence-electron chi connectivity index (χ0n) is 17.7. The van der Waals surface area contributed by atoms with Gasteiger partial charge in [0.05, 0.1) is 34.0 Å². The van der Waals surface area contributed by atoms with Crippen LogP contribution < -0.4 is 9.80 Å². The van der Waals surface area contributed by atoms with Gasteiger partial charge in [-0.1, -0.05) is 23.7 Å². The number of rotatable bonds is 4. The van der Waals surface area contributed by atoms with Crippen molar-refractivity contribution in [2.45, 2.75) is 54.9 Å². The van der Waals surface area contributed by atoms with E-state index < -0.39 is 10.8 Å². The number of benzene rings is 1. The van der Waals surface area contributed by atoms with E-state index in [1.807, 2.05) is 12.1 Å². The van der Waals surface area contributed by atoms with Gasteiger partial charge in [-0.15, -0.1) is 0 Å². The molecule has 1 aromatic carbocycles. The Morgan fingerprint density at radius 3 is 2.65 bits per heavy atom. The number of nitrogens with zero attached hydrogens (tertiary/aromatic N) is 4. The van der Waals surface area contributed by atoms with E-state index in [1.165, 1.54) is 5.56 Å². The highest BCUT2D eigenvalue weighted by Gasteiger charge is 2.45. The van der Waals surface area contributed by atoms with Crippen molar-refractivity contribution in [3.8, 4) is 0 Å². The minimum absolute atomic E-state index is 0.116. The topological polar surface area (TPSA) is 69.6 Å². The van der Waals surface area contributed by atoms with Crippen molar-refractivity contribution >= 4 is 34.2 Å². The molecule has 2 atom stereocenters. The van der Waals surface area contributed by atoms with E-state index in [-0.39, 0.29) is 12.1 Å². The first-order valence-electron chi connectivity index (χ1n) is 11.2. The van der Waals surface area contributed by atoms with Crippen molar-refractivity contribution in [1.29, 1.82) is 0 Å². The molecule has 0 radical (unpaired) electrons. The van der Waals surface area contributed by atoms with Crippen molar-refractivity contribution in [3.63, 3.8) is 0 Å². The van der Waals surface area contributed by atoms with E-state index >= 15 is 0 Å². The molecule has 166 valence electrons. The van der Waals surface area contributed by atoms with Gasteiger partial charge < -0.3 is 14.9 Å². The smallest absolute Gasteiger partial charge is 0.227 e. The van der Waals surface area contributed by atoms with Crippen molar-refractivity contribution in [2.24, 2.45) is 0 Å². The Kier molecular flexibility index (Phi) is 5.92. The van der Waals surface area contributed by atoms with Gasteiger partial charge in [-0.25, -0.2) is 4.98 Å². The van der Waals surface area contributed by atoms with Crippen LogP contribution in [0, 0.1) is 0 Å². The summed E-state index contributed by atoms with van der Waals surface area (Å²) in [6.07, 6.45) is 8.04. The van der Waals surface area contributed by atoms with Gasteiger partial charge in [0.1, 0.15) is 0 Å². The van der Waals surface area contributed by atoms with Crippen LogP contribution >= 0.6 is 11.6 Å². The van der Waals surface area contributed by atoms with Gasteiger partial charge in [-0.3, -0.25) is 4.21 Å². The van der Waals surface area contributed by atoms with E-state index in [4.69, 9.17) is 16.6 Å². The Balaban J connectivity index is 1.38. The van der Waals surface area contributed by atoms with Crippen LogP contribution in [-0.4, -0.2) is 56.8 Å². The summed E-state index contributed by atoms with van der Waals surface area (Å²) in [5, 5.41) is 10.9. The van der Waals surface area contributed by atoms with Crippen LogP contribution in [0.1, 0.15) is 50.0 Å². The summed E-state index contributed by atoms with van der Waals surface area (Å²) in [5.41, 5.74) is 1.10. The minimum Gasteiger partial charge on any atom is -0.394 e. The fourth-order valence-corrected chi connectivity index (χ4v) is 6.40. The molecule has 3 heterocycles. The summed E-state index contributed by atoms with van der Waals surface area (Å²) in [6.45, 7) is 2.59. The highest BCUT2D eigenvalue weighted by Crippen LogP contribution is 2.43. The van der Waals surface area contributed by atoms with E-state index in [0.717, 1.165) is 62.5 Å². The molecule has 2 fully saturated rings. The maximum atomic E-state index is 12.6. The van der Waals surface area contributed by atoms with Gasteiger partial charge in [0.25, 0.3) is 0 Å². The van der Waals surface area contributed by atoms with E-state index in [0.29, 0.717) is 29.1 Å². The maximum absolute atomic E-state index is 12.6. The first-order chi connectivity index (χ1) is 15.1. The zero-order valence-corrected chi connectivity index (χ0v) is 19.2. The number of halogens is 1. The lowest BCUT2D eigenvalue weighted by Gasteiger charge is -2.51. The second-order valence-corrected chi connectivity index (χ2v) is 10.9. The fraction of sp³-hybridized carbons (Fsp3) is 0.565. The van der Waals surface area contributed by atoms with Crippen molar-refractivity contribution < 1.29 is 9.32 Å². The van der Waals surface area contributed by atoms with Crippen molar-refractivity contribution in [2.75, 3.05) is 41.8 Å². The van der Waals surface area contributed by atoms with Crippen LogP contribution in [0.2, 0.25) is 5.02 Å². The Labute approximate surface area is 191 Å². The largest absolute Gasteiger partial charge is 0.394 e. The van der Waals surface area contributed by atoms with E-state index in [2.05, 4.69) is 26.9 Å². The Morgan fingerprint density at radius 2 is 1.94 bits per heavy atom. The summed E-state index contributed by atoms with van der Waals surface area (Å²) < 4.78 is 12.6. The molecule has 31 heavy (non-hydrogen) atoms. The predicted octanol–water partition coefficient (Wildman–Crippen LogP) is 3.75. The highest BCUT2D eigenvalue weighted by molar-refractivity contribution is 7.85. The molecule has 3 aliphatic rings. The average Bonchev–Trinajstić information content (AvgIpc) is 3.01. The summed E-state index contributed by atoms with van der Waals surface area (Å²) in [6, 6.07) is 8.22. The van der Waals surface area contributed by atoms with Crippen LogP contribution in [0.25, 0.3) is 0 Å². The molecule has 0 bridgehead atoms. The van der Waals surface area contributed by atoms with Gasteiger partial charge in [-0.05, 0) is 62.1 Å². The molecule has 1 aliphatic carbocycles. The van der Waals surface area contributed by atoms with Gasteiger partial charge in [0.15, 0.2) is 5.82 Å². The monoisotopic (exact) mass is 460 g/mol. The second kappa shape index (κ2) is 8.68. The third-order valence-corrected chi connectivity index (χ3v) is 8.81. The standard InChI is InChI=1S/C23H29ClN4O2S/c24-19-6-4-18(5-7-19)17-3-1-11-27(12-8-17)22-25-15-20-21(26-22)28(13-14-31(20)30)23(16-29)9-2-10-23/h4-7,15,17,29H,1-3,8-14,16H2/t17?,31-/m1/s1. The number of aliphatic hydroxyl groups is 1. The Morgan fingerprint density at radius 1 is 1.13 bits per heavy atom. The summed E-state index contributed by atoms with van der Waals surface area (Å²) in [4.78, 5) is 14.7. The van der Waals surface area contributed by atoms with Crippen LogP contribution in [0.4, 0.5) is 11.8 Å². The Hall–Kier alpha value is -1.70. The summed E-state index contributed by atoms with van der Waals surface area (Å²) >= 11 is 6.06. The minimum atomic E-state index is -1.08. The van der Waals surface area contributed by atoms with E-state index in [1.54, 1.807) is 6.20 Å². The molecule has 0 amide bonds. The van der Waals surface area contributed by atoms with Gasteiger partial charge in [0, 0.05) is 30.4 Å². The second-order valence-electron chi connectivity index (χ2n) is 8.96. The molecular weight excluding hydrogens is 432 g/mol. The third kappa shape index (κ3) is 3.96. The maximum Gasteiger partial charge on any atom is 0.227 e. The molecule has 1 unspecified atom stereocenters. The molecule has 1 aromatic heterocycles. The van der Waals surface area contributed by atoms with Crippen LogP contribution in [0.3, 0.4) is 0 Å². The first-order valence-corrected chi connectivity index (χ1v) is 12.9. The molecule has 2 aromatic rings. The molecule has 6 nitrogen and oxygen atoms in total.